The molecular formula is C36H38F4N8O4. The Balaban J connectivity index is 1.22. The maximum absolute atomic E-state index is 15.2. The van der Waals surface area contributed by atoms with Crippen LogP contribution in [0.3, 0.4) is 0 Å². The summed E-state index contributed by atoms with van der Waals surface area (Å²) in [5, 5.41) is 17.5. The van der Waals surface area contributed by atoms with E-state index >= 15 is 4.39 Å². The largest absolute Gasteiger partial charge is 0.455 e. The first-order valence-electron chi connectivity index (χ1n) is 17.2. The van der Waals surface area contributed by atoms with Crippen LogP contribution in [0.25, 0.3) is 0 Å². The Bertz CT molecular complexity index is 2100. The molecule has 1 fully saturated rings. The number of nitrogens with zero attached hydrogens (tertiary/aromatic N) is 6. The Morgan fingerprint density at radius 1 is 1.00 bits per heavy atom. The van der Waals surface area contributed by atoms with E-state index in [1.54, 1.807) is 19.1 Å². The summed E-state index contributed by atoms with van der Waals surface area (Å²) in [7, 11) is 0. The van der Waals surface area contributed by atoms with E-state index in [0.717, 1.165) is 11.6 Å². The van der Waals surface area contributed by atoms with Gasteiger partial charge in [0, 0.05) is 25.1 Å². The molecule has 0 saturated carbocycles. The van der Waals surface area contributed by atoms with Crippen molar-refractivity contribution in [2.75, 3.05) is 19.6 Å². The molecule has 0 unspecified atom stereocenters. The van der Waals surface area contributed by atoms with Crippen LogP contribution in [0.1, 0.15) is 70.6 Å². The van der Waals surface area contributed by atoms with Gasteiger partial charge >= 0.3 is 11.9 Å². The molecule has 1 atom stereocenters. The van der Waals surface area contributed by atoms with E-state index < -0.39 is 40.6 Å². The number of ether oxygens (including phenoxy) is 1. The lowest BCUT2D eigenvalue weighted by atomic mass is 9.85. The van der Waals surface area contributed by atoms with Crippen LogP contribution in [0, 0.1) is 12.7 Å². The lowest BCUT2D eigenvalue weighted by Gasteiger charge is -2.38. The summed E-state index contributed by atoms with van der Waals surface area (Å²) >= 11 is 0. The van der Waals surface area contributed by atoms with Gasteiger partial charge in [-0.1, -0.05) is 47.7 Å². The van der Waals surface area contributed by atoms with Crippen molar-refractivity contribution < 1.29 is 26.7 Å². The van der Waals surface area contributed by atoms with Crippen molar-refractivity contribution in [2.45, 2.75) is 76.7 Å². The third-order valence-corrected chi connectivity index (χ3v) is 10.1. The van der Waals surface area contributed by atoms with Gasteiger partial charge in [0.25, 0.3) is 5.56 Å². The summed E-state index contributed by atoms with van der Waals surface area (Å²) in [6.07, 6.45) is -2.63. The molecule has 2 N–H and O–H groups in total. The molecule has 0 radical (unpaired) electrons. The smallest absolute Gasteiger partial charge is 0.449 e. The summed E-state index contributed by atoms with van der Waals surface area (Å²) in [6.45, 7) is 3.15. The summed E-state index contributed by atoms with van der Waals surface area (Å²) in [4.78, 5) is 31.0. The Kier molecular flexibility index (Phi) is 9.96. The number of aromatic nitrogens is 6. The number of nitrogens with one attached hydrogen (secondary N) is 2. The number of likely N-dealkylation sites (tertiary alicyclic amines) is 1. The molecule has 1 spiro atoms. The number of hydrogen-bond donors (Lipinski definition) is 2. The van der Waals surface area contributed by atoms with Gasteiger partial charge in [-0.3, -0.25) is 18.8 Å². The van der Waals surface area contributed by atoms with Crippen LogP contribution in [0.4, 0.5) is 17.6 Å². The van der Waals surface area contributed by atoms with Crippen molar-refractivity contribution in [3.05, 3.63) is 133 Å². The first-order valence-corrected chi connectivity index (χ1v) is 17.2. The first kappa shape index (κ1) is 35.5. The molecule has 5 heterocycles. The van der Waals surface area contributed by atoms with Crippen molar-refractivity contribution in [1.29, 1.82) is 0 Å². The van der Waals surface area contributed by atoms with E-state index in [0.29, 0.717) is 73.5 Å². The second-order valence-corrected chi connectivity index (χ2v) is 13.3. The number of benzene rings is 2. The van der Waals surface area contributed by atoms with Crippen molar-refractivity contribution in [3.8, 4) is 0 Å². The molecule has 2 aliphatic rings. The topological polar surface area (TPSA) is 136 Å². The van der Waals surface area contributed by atoms with E-state index in [4.69, 9.17) is 9.15 Å². The molecular weight excluding hydrogens is 684 g/mol. The number of piperidine rings is 1. The molecule has 3 aromatic heterocycles. The monoisotopic (exact) mass is 722 g/mol. The minimum Gasteiger partial charge on any atom is -0.455 e. The van der Waals surface area contributed by atoms with E-state index in [9.17, 15) is 22.8 Å². The van der Waals surface area contributed by atoms with Crippen molar-refractivity contribution in [3.63, 3.8) is 0 Å². The van der Waals surface area contributed by atoms with Crippen molar-refractivity contribution >= 4 is 0 Å². The van der Waals surface area contributed by atoms with Crippen LogP contribution < -0.4 is 16.6 Å². The van der Waals surface area contributed by atoms with Crippen molar-refractivity contribution in [2.24, 2.45) is 0 Å². The molecule has 12 nitrogen and oxygen atoms in total. The molecule has 7 rings (SSSR count). The third-order valence-electron chi connectivity index (χ3n) is 10.1. The van der Waals surface area contributed by atoms with Crippen molar-refractivity contribution in [1.82, 2.24) is 40.0 Å². The summed E-state index contributed by atoms with van der Waals surface area (Å²) < 4.78 is 68.8. The zero-order chi connectivity index (χ0) is 36.5. The summed E-state index contributed by atoms with van der Waals surface area (Å²) in [5.74, 6) is -0.754. The highest BCUT2D eigenvalue weighted by Crippen LogP contribution is 2.43. The lowest BCUT2D eigenvalue weighted by Crippen LogP contribution is -2.50. The van der Waals surface area contributed by atoms with Gasteiger partial charge in [-0.05, 0) is 62.1 Å². The Morgan fingerprint density at radius 2 is 1.79 bits per heavy atom. The summed E-state index contributed by atoms with van der Waals surface area (Å²) in [6, 6.07) is 16.0. The lowest BCUT2D eigenvalue weighted by molar-refractivity contribution is -0.153. The van der Waals surface area contributed by atoms with Gasteiger partial charge in [0.15, 0.2) is 5.82 Å². The Morgan fingerprint density at radius 3 is 2.48 bits per heavy atom. The second-order valence-electron chi connectivity index (χ2n) is 13.3. The Labute approximate surface area is 295 Å². The molecule has 274 valence electrons. The van der Waals surface area contributed by atoms with Gasteiger partial charge in [-0.2, -0.15) is 18.4 Å². The number of H-pyrrole nitrogens is 1. The molecule has 52 heavy (non-hydrogen) atoms. The van der Waals surface area contributed by atoms with Gasteiger partial charge < -0.3 is 14.5 Å². The predicted octanol–water partition coefficient (Wildman–Crippen LogP) is 4.62. The minimum absolute atomic E-state index is 0.00430. The number of furan rings is 1. The minimum atomic E-state index is -4.58. The first-order chi connectivity index (χ1) is 25.0. The highest BCUT2D eigenvalue weighted by atomic mass is 19.4. The van der Waals surface area contributed by atoms with E-state index in [2.05, 4.69) is 25.9 Å². The highest BCUT2D eigenvalue weighted by Gasteiger charge is 2.47. The Hall–Kier alpha value is -4.93. The van der Waals surface area contributed by atoms with Crippen LogP contribution in [-0.4, -0.2) is 54.3 Å². The fourth-order valence-electron chi connectivity index (χ4n) is 7.25. The quantitative estimate of drug-likeness (QED) is 0.140. The van der Waals surface area contributed by atoms with Crippen LogP contribution in [0.5, 0.6) is 0 Å². The number of aromatic amines is 1. The molecule has 16 heteroatoms. The van der Waals surface area contributed by atoms with Crippen LogP contribution in [0.2, 0.25) is 0 Å². The fourth-order valence-corrected chi connectivity index (χ4v) is 7.25. The zero-order valence-corrected chi connectivity index (χ0v) is 28.5. The number of hydrogen-bond acceptors (Lipinski definition) is 9. The fraction of sp³-hybridized carbons (Fsp3) is 0.417. The number of rotatable bonds is 12. The van der Waals surface area contributed by atoms with Crippen LogP contribution in [-0.2, 0) is 49.2 Å². The second kappa shape index (κ2) is 14.6. The summed E-state index contributed by atoms with van der Waals surface area (Å²) in [5.41, 5.74) is 0.567. The van der Waals surface area contributed by atoms with Crippen LogP contribution >= 0.6 is 0 Å². The standard InChI is InChI=1S/C36H38F4N8O4/c1-23-7-5-10-27(37)26(23)20-47-29-22-51-35(14-17-46(18-15-35)19-25-12-13-30(52-25)36(38,39)40)32(29)33(49)48(34(47)50)21-28(24-8-3-2-4-9-24)41-16-6-11-31-42-44-45-43-31/h2-5,7-10,12-13,28,41H,6,11,14-22H2,1H3,(H,42,43,44,45)/t28-/m0/s1. The number of fused-ring (bicyclic) bond motifs is 2. The molecule has 1 saturated heterocycles. The molecule has 0 bridgehead atoms. The van der Waals surface area contributed by atoms with E-state index in [1.807, 2.05) is 35.2 Å². The number of tetrazole rings is 1. The van der Waals surface area contributed by atoms with Gasteiger partial charge in [0.05, 0.1) is 43.5 Å². The number of aryl methyl sites for hydroxylation is 2. The van der Waals surface area contributed by atoms with Gasteiger partial charge in [0.2, 0.25) is 5.76 Å². The zero-order valence-electron chi connectivity index (χ0n) is 28.5. The maximum atomic E-state index is 15.2. The maximum Gasteiger partial charge on any atom is 0.449 e. The van der Waals surface area contributed by atoms with Crippen LogP contribution in [0.15, 0.2) is 74.7 Å². The van der Waals surface area contributed by atoms with E-state index in [-0.39, 0.29) is 32.0 Å². The highest BCUT2D eigenvalue weighted by molar-refractivity contribution is 5.33. The van der Waals surface area contributed by atoms with E-state index in [1.165, 1.54) is 21.3 Å². The average Bonchev–Trinajstić information content (AvgIpc) is 3.90. The molecule has 0 aliphatic carbocycles. The van der Waals surface area contributed by atoms with Gasteiger partial charge in [0.1, 0.15) is 17.2 Å². The average molecular weight is 723 g/mol. The molecule has 2 aliphatic heterocycles. The molecule has 5 aromatic rings. The number of alkyl halides is 3. The normalized spacial score (nSPS) is 16.4. The van der Waals surface area contributed by atoms with Gasteiger partial charge in [-0.25, -0.2) is 9.18 Å². The number of halogens is 4. The SMILES string of the molecule is Cc1cccc(F)c1Cn1c2c(c(=O)n(C[C@H](NCCCc3nn[nH]n3)c3ccccc3)c1=O)C1(CCN(Cc3ccc(C(F)(F)F)o3)CC1)OC2. The van der Waals surface area contributed by atoms with Gasteiger partial charge in [-0.15, -0.1) is 10.2 Å². The molecule has 0 amide bonds. The predicted molar refractivity (Wildman–Crippen MR) is 180 cm³/mol. The molecule has 2 aromatic carbocycles. The third kappa shape index (κ3) is 7.22.